The van der Waals surface area contributed by atoms with E-state index < -0.39 is 0 Å². The van der Waals surface area contributed by atoms with Gasteiger partial charge in [0.05, 0.1) is 6.54 Å². The number of carbonyl (C=O) groups excluding carboxylic acids is 1. The summed E-state index contributed by atoms with van der Waals surface area (Å²) in [5.74, 6) is 1.14. The molecule has 3 N–H and O–H groups in total. The molecular weight excluding hydrogens is 478 g/mol. The number of hydrogen-bond acceptors (Lipinski definition) is 3. The van der Waals surface area contributed by atoms with Crippen LogP contribution in [0.25, 0.3) is 0 Å². The summed E-state index contributed by atoms with van der Waals surface area (Å²) in [6, 6.07) is 15.8. The Bertz CT molecular complexity index is 713. The Balaban J connectivity index is 0.00000364. The zero-order valence-electron chi connectivity index (χ0n) is 15.1. The molecule has 0 bridgehead atoms. The third-order valence-corrected chi connectivity index (χ3v) is 4.49. The fourth-order valence-electron chi connectivity index (χ4n) is 2.11. The van der Waals surface area contributed by atoms with Crippen molar-refractivity contribution in [1.29, 1.82) is 0 Å². The Morgan fingerprint density at radius 1 is 1.07 bits per heavy atom. The molecule has 0 saturated heterocycles. The van der Waals surface area contributed by atoms with Crippen LogP contribution in [0.4, 0.5) is 10.1 Å². The van der Waals surface area contributed by atoms with Crippen LogP contribution in [0, 0.1) is 5.82 Å². The van der Waals surface area contributed by atoms with Gasteiger partial charge in [-0.05, 0) is 48.6 Å². The summed E-state index contributed by atoms with van der Waals surface area (Å²) in [7, 11) is 1.66. The Hall–Kier alpha value is -1.81. The van der Waals surface area contributed by atoms with Crippen molar-refractivity contribution in [2.24, 2.45) is 4.99 Å². The number of aliphatic imine (C=N–C) groups is 1. The minimum absolute atomic E-state index is 0. The number of nitrogens with one attached hydrogen (secondary N) is 3. The largest absolute Gasteiger partial charge is 0.356 e. The first kappa shape index (κ1) is 23.2. The molecule has 0 saturated carbocycles. The Labute approximate surface area is 180 Å². The molecule has 2 aromatic rings. The highest BCUT2D eigenvalue weighted by Gasteiger charge is 2.04. The number of guanidine groups is 1. The summed E-state index contributed by atoms with van der Waals surface area (Å²) in [5.41, 5.74) is 0.764. The van der Waals surface area contributed by atoms with Gasteiger partial charge in [-0.25, -0.2) is 4.39 Å². The van der Waals surface area contributed by atoms with Crippen molar-refractivity contribution in [3.05, 3.63) is 60.4 Å². The van der Waals surface area contributed by atoms with E-state index in [-0.39, 0.29) is 42.2 Å². The molecular formula is C19H24FIN4OS. The van der Waals surface area contributed by atoms with Gasteiger partial charge in [-0.2, -0.15) is 0 Å². The second-order valence-corrected chi connectivity index (χ2v) is 6.59. The standard InChI is InChI=1S/C19H23FN4OS.HI/c1-21-19(23-14-18(25)24-16-6-3-2-4-7-16)22-12-5-13-26-17-10-8-15(20)9-11-17;/h2-4,6-11H,5,12-14H2,1H3,(H,24,25)(H2,21,22,23);1H. The highest BCUT2D eigenvalue weighted by molar-refractivity contribution is 14.0. The van der Waals surface area contributed by atoms with E-state index in [0.717, 1.165) is 29.3 Å². The van der Waals surface area contributed by atoms with Crippen LogP contribution in [0.2, 0.25) is 0 Å². The van der Waals surface area contributed by atoms with Crippen molar-refractivity contribution in [3.63, 3.8) is 0 Å². The number of rotatable bonds is 8. The van der Waals surface area contributed by atoms with Gasteiger partial charge in [-0.1, -0.05) is 18.2 Å². The van der Waals surface area contributed by atoms with E-state index in [4.69, 9.17) is 0 Å². The molecule has 0 spiro atoms. The molecule has 2 aromatic carbocycles. The molecule has 27 heavy (non-hydrogen) atoms. The number of halogens is 2. The minimum Gasteiger partial charge on any atom is -0.356 e. The van der Waals surface area contributed by atoms with E-state index in [9.17, 15) is 9.18 Å². The maximum absolute atomic E-state index is 12.8. The number of nitrogens with zero attached hydrogens (tertiary/aromatic N) is 1. The predicted octanol–water partition coefficient (Wildman–Crippen LogP) is 3.73. The van der Waals surface area contributed by atoms with Gasteiger partial charge in [0.15, 0.2) is 5.96 Å². The summed E-state index contributed by atoms with van der Waals surface area (Å²) in [5, 5.41) is 8.96. The van der Waals surface area contributed by atoms with Crippen LogP contribution >= 0.6 is 35.7 Å². The minimum atomic E-state index is -0.220. The van der Waals surface area contributed by atoms with Crippen molar-refractivity contribution in [3.8, 4) is 0 Å². The molecule has 5 nitrogen and oxygen atoms in total. The van der Waals surface area contributed by atoms with Crippen molar-refractivity contribution in [1.82, 2.24) is 10.6 Å². The van der Waals surface area contributed by atoms with Gasteiger partial charge in [0.1, 0.15) is 5.82 Å². The van der Waals surface area contributed by atoms with Crippen molar-refractivity contribution >= 4 is 53.3 Å². The first-order chi connectivity index (χ1) is 12.7. The number of amides is 1. The summed E-state index contributed by atoms with van der Waals surface area (Å²) >= 11 is 1.68. The first-order valence-corrected chi connectivity index (χ1v) is 9.34. The lowest BCUT2D eigenvalue weighted by Crippen LogP contribution is -2.41. The van der Waals surface area contributed by atoms with Crippen molar-refractivity contribution in [2.45, 2.75) is 11.3 Å². The Morgan fingerprint density at radius 3 is 2.44 bits per heavy atom. The monoisotopic (exact) mass is 502 g/mol. The average molecular weight is 502 g/mol. The predicted molar refractivity (Wildman–Crippen MR) is 122 cm³/mol. The third-order valence-electron chi connectivity index (χ3n) is 3.39. The van der Waals surface area contributed by atoms with E-state index in [2.05, 4.69) is 20.9 Å². The van der Waals surface area contributed by atoms with Gasteiger partial charge < -0.3 is 16.0 Å². The summed E-state index contributed by atoms with van der Waals surface area (Å²) in [6.07, 6.45) is 0.916. The van der Waals surface area contributed by atoms with E-state index in [1.165, 1.54) is 12.1 Å². The lowest BCUT2D eigenvalue weighted by atomic mass is 10.3. The fourth-order valence-corrected chi connectivity index (χ4v) is 2.96. The van der Waals surface area contributed by atoms with E-state index in [1.807, 2.05) is 30.3 Å². The van der Waals surface area contributed by atoms with Crippen LogP contribution in [-0.2, 0) is 4.79 Å². The lowest BCUT2D eigenvalue weighted by Gasteiger charge is -2.12. The first-order valence-electron chi connectivity index (χ1n) is 8.35. The van der Waals surface area contributed by atoms with E-state index in [0.29, 0.717) is 5.96 Å². The Kier molecular flexibility index (Phi) is 11.5. The molecule has 8 heteroatoms. The highest BCUT2D eigenvalue weighted by Crippen LogP contribution is 2.18. The molecule has 0 atom stereocenters. The molecule has 0 aromatic heterocycles. The number of para-hydroxylation sites is 1. The van der Waals surface area contributed by atoms with Gasteiger partial charge >= 0.3 is 0 Å². The summed E-state index contributed by atoms with van der Waals surface area (Å²) in [6.45, 7) is 0.868. The maximum Gasteiger partial charge on any atom is 0.243 e. The quantitative estimate of drug-likeness (QED) is 0.169. The van der Waals surface area contributed by atoms with Crippen LogP contribution in [0.3, 0.4) is 0 Å². The molecule has 0 heterocycles. The number of carbonyl (C=O) groups is 1. The second kappa shape index (κ2) is 13.4. The molecule has 2 rings (SSSR count). The van der Waals surface area contributed by atoms with Crippen LogP contribution in [0.1, 0.15) is 6.42 Å². The van der Waals surface area contributed by atoms with Gasteiger partial charge in [-0.3, -0.25) is 9.79 Å². The van der Waals surface area contributed by atoms with Crippen LogP contribution in [0.5, 0.6) is 0 Å². The molecule has 0 aliphatic heterocycles. The topological polar surface area (TPSA) is 65.5 Å². The molecule has 1 amide bonds. The second-order valence-electron chi connectivity index (χ2n) is 5.42. The van der Waals surface area contributed by atoms with Crippen molar-refractivity contribution < 1.29 is 9.18 Å². The summed E-state index contributed by atoms with van der Waals surface area (Å²) in [4.78, 5) is 17.0. The lowest BCUT2D eigenvalue weighted by molar-refractivity contribution is -0.115. The van der Waals surface area contributed by atoms with Gasteiger partial charge in [-0.15, -0.1) is 35.7 Å². The molecule has 0 radical (unpaired) electrons. The zero-order chi connectivity index (χ0) is 18.6. The van der Waals surface area contributed by atoms with E-state index in [1.54, 1.807) is 30.9 Å². The van der Waals surface area contributed by atoms with Gasteiger partial charge in [0.25, 0.3) is 0 Å². The summed E-state index contributed by atoms with van der Waals surface area (Å²) < 4.78 is 12.8. The van der Waals surface area contributed by atoms with Crippen LogP contribution in [0.15, 0.2) is 64.5 Å². The fraction of sp³-hybridized carbons (Fsp3) is 0.263. The normalized spacial score (nSPS) is 10.7. The molecule has 0 fully saturated rings. The van der Waals surface area contributed by atoms with Gasteiger partial charge in [0.2, 0.25) is 5.91 Å². The van der Waals surface area contributed by atoms with Gasteiger partial charge in [0, 0.05) is 24.2 Å². The van der Waals surface area contributed by atoms with Crippen LogP contribution < -0.4 is 16.0 Å². The van der Waals surface area contributed by atoms with Crippen LogP contribution in [-0.4, -0.2) is 37.8 Å². The average Bonchev–Trinajstić information content (AvgIpc) is 2.66. The molecule has 0 aliphatic rings. The SMILES string of the molecule is CN=C(NCCCSc1ccc(F)cc1)NCC(=O)Nc1ccccc1.I. The molecule has 0 aliphatic carbocycles. The highest BCUT2D eigenvalue weighted by atomic mass is 127. The zero-order valence-corrected chi connectivity index (χ0v) is 18.2. The third kappa shape index (κ3) is 9.62. The van der Waals surface area contributed by atoms with E-state index >= 15 is 0 Å². The molecule has 0 unspecified atom stereocenters. The maximum atomic E-state index is 12.8. The number of benzene rings is 2. The number of hydrogen-bond donors (Lipinski definition) is 3. The number of thioether (sulfide) groups is 1. The molecule has 146 valence electrons. The smallest absolute Gasteiger partial charge is 0.243 e. The van der Waals surface area contributed by atoms with Crippen molar-refractivity contribution in [2.75, 3.05) is 31.2 Å². The number of anilines is 1. The Morgan fingerprint density at radius 2 is 1.78 bits per heavy atom.